The summed E-state index contributed by atoms with van der Waals surface area (Å²) >= 11 is 0. The Balaban J connectivity index is 1.57. The van der Waals surface area contributed by atoms with Crippen molar-refractivity contribution < 1.29 is 43.6 Å². The van der Waals surface area contributed by atoms with E-state index in [1.54, 1.807) is 0 Å². The Morgan fingerprint density at radius 2 is 1.66 bits per heavy atom. The average molecular weight is 622 g/mol. The first kappa shape index (κ1) is 31.1. The second kappa shape index (κ2) is 11.4. The Kier molecular flexibility index (Phi) is 8.65. The first-order chi connectivity index (χ1) is 19.0. The summed E-state index contributed by atoms with van der Waals surface area (Å²) in [7, 11) is -7.81. The zero-order valence-electron chi connectivity index (χ0n) is 21.6. The molecule has 0 saturated carbocycles. The Morgan fingerprint density at radius 1 is 1.05 bits per heavy atom. The maximum atomic E-state index is 13.5. The van der Waals surface area contributed by atoms with E-state index in [-0.39, 0.29) is 24.4 Å². The van der Waals surface area contributed by atoms with E-state index >= 15 is 0 Å². The molecule has 41 heavy (non-hydrogen) atoms. The number of nitrogens with one attached hydrogen (secondary N) is 1. The maximum absolute atomic E-state index is 13.5. The molecule has 4 rings (SSSR count). The highest BCUT2D eigenvalue weighted by molar-refractivity contribution is 7.92. The van der Waals surface area contributed by atoms with Crippen LogP contribution in [0, 0.1) is 0 Å². The van der Waals surface area contributed by atoms with Gasteiger partial charge in [-0.1, -0.05) is 30.8 Å². The number of alkyl halides is 5. The lowest BCUT2D eigenvalue weighted by atomic mass is 9.89. The number of carbonyl (C=O) groups excluding carboxylic acids is 1. The van der Waals surface area contributed by atoms with Crippen LogP contribution < -0.4 is 4.72 Å². The van der Waals surface area contributed by atoms with Gasteiger partial charge in [-0.15, -0.1) is 0 Å². The second-order valence-corrected chi connectivity index (χ2v) is 13.6. The van der Waals surface area contributed by atoms with Crippen molar-refractivity contribution in [1.82, 2.24) is 13.9 Å². The van der Waals surface area contributed by atoms with Crippen molar-refractivity contribution in [2.45, 2.75) is 48.2 Å². The quantitative estimate of drug-likeness (QED) is 0.408. The van der Waals surface area contributed by atoms with Crippen molar-refractivity contribution >= 4 is 26.0 Å². The summed E-state index contributed by atoms with van der Waals surface area (Å²) in [6, 6.07) is 8.82. The lowest BCUT2D eigenvalue weighted by molar-refractivity contribution is -0.167. The van der Waals surface area contributed by atoms with E-state index in [4.69, 9.17) is 0 Å². The number of carbonyl (C=O) groups is 1. The fourth-order valence-electron chi connectivity index (χ4n) is 4.91. The number of likely N-dealkylation sites (tertiary alicyclic amines) is 1. The van der Waals surface area contributed by atoms with E-state index in [2.05, 4.69) is 11.3 Å². The molecule has 0 radical (unpaired) electrons. The molecule has 1 amide bonds. The van der Waals surface area contributed by atoms with Crippen LogP contribution in [-0.2, 0) is 37.4 Å². The Morgan fingerprint density at radius 3 is 2.20 bits per heavy atom. The Labute approximate surface area is 234 Å². The molecule has 2 aromatic rings. The summed E-state index contributed by atoms with van der Waals surface area (Å²) in [5.74, 6) is -4.73. The van der Waals surface area contributed by atoms with Crippen LogP contribution in [-0.4, -0.2) is 70.1 Å². The summed E-state index contributed by atoms with van der Waals surface area (Å²) in [5.41, 5.74) is -0.207. The summed E-state index contributed by atoms with van der Waals surface area (Å²) in [4.78, 5) is 14.0. The van der Waals surface area contributed by atoms with Gasteiger partial charge in [0.25, 0.3) is 5.92 Å². The smallest absolute Gasteiger partial charge is 0.330 e. The van der Waals surface area contributed by atoms with Gasteiger partial charge in [0, 0.05) is 24.5 Å². The third-order valence-electron chi connectivity index (χ3n) is 7.13. The second-order valence-electron chi connectivity index (χ2n) is 10.0. The number of halogens is 5. The highest BCUT2D eigenvalue weighted by Crippen LogP contribution is 2.34. The van der Waals surface area contributed by atoms with Crippen molar-refractivity contribution in [3.63, 3.8) is 0 Å². The number of sulfonamides is 2. The van der Waals surface area contributed by atoms with Crippen molar-refractivity contribution in [1.29, 1.82) is 0 Å². The van der Waals surface area contributed by atoms with Gasteiger partial charge in [-0.3, -0.25) is 4.79 Å². The van der Waals surface area contributed by atoms with Crippen LogP contribution in [0.3, 0.4) is 0 Å². The molecule has 2 fully saturated rings. The number of hydrogen-bond acceptors (Lipinski definition) is 5. The van der Waals surface area contributed by atoms with Crippen LogP contribution in [0.25, 0.3) is 0 Å². The van der Waals surface area contributed by atoms with Gasteiger partial charge in [0.05, 0.1) is 29.5 Å². The molecule has 2 heterocycles. The van der Waals surface area contributed by atoms with E-state index in [1.165, 1.54) is 40.7 Å². The van der Waals surface area contributed by atoms with Crippen molar-refractivity contribution in [3.8, 4) is 0 Å². The van der Waals surface area contributed by atoms with Gasteiger partial charge in [0.2, 0.25) is 26.0 Å². The molecule has 1 N–H and O–H groups in total. The molecule has 2 aliphatic rings. The maximum Gasteiger partial charge on any atom is 0.416 e. The molecule has 0 aliphatic carbocycles. The monoisotopic (exact) mass is 621 g/mol. The molecular weight excluding hydrogens is 593 g/mol. The predicted octanol–water partition coefficient (Wildman–Crippen LogP) is 3.73. The van der Waals surface area contributed by atoms with Gasteiger partial charge in [-0.05, 0) is 54.7 Å². The van der Waals surface area contributed by atoms with Crippen LogP contribution in [0.15, 0.2) is 65.4 Å². The normalized spacial score (nSPS) is 20.4. The van der Waals surface area contributed by atoms with Gasteiger partial charge in [0.1, 0.15) is 0 Å². The molecule has 224 valence electrons. The number of rotatable bonds is 10. The van der Waals surface area contributed by atoms with Gasteiger partial charge >= 0.3 is 6.18 Å². The van der Waals surface area contributed by atoms with Gasteiger partial charge in [0.15, 0.2) is 0 Å². The number of amides is 1. The highest BCUT2D eigenvalue weighted by Gasteiger charge is 2.48. The SMILES string of the molecule is C=CS(=O)(=O)NC[C@H]1CCCN1S(=O)(=O)c1ccc(C(Cc2ccc(C(F)(F)F)cc2)C(=O)N2CC(F)(F)C2)cc1. The van der Waals surface area contributed by atoms with Gasteiger partial charge in [-0.25, -0.2) is 30.3 Å². The summed E-state index contributed by atoms with van der Waals surface area (Å²) in [6.45, 7) is 1.66. The first-order valence-corrected chi connectivity index (χ1v) is 15.6. The van der Waals surface area contributed by atoms with E-state index in [9.17, 15) is 43.6 Å². The first-order valence-electron chi connectivity index (χ1n) is 12.6. The lowest BCUT2D eigenvalue weighted by Crippen LogP contribution is -2.59. The molecule has 8 nitrogen and oxygen atoms in total. The van der Waals surface area contributed by atoms with Gasteiger partial charge < -0.3 is 4.90 Å². The third kappa shape index (κ3) is 7.13. The van der Waals surface area contributed by atoms with Crippen molar-refractivity contribution in [2.75, 3.05) is 26.2 Å². The molecule has 15 heteroatoms. The highest BCUT2D eigenvalue weighted by atomic mass is 32.2. The Hall–Kier alpha value is -2.88. The van der Waals surface area contributed by atoms with Crippen LogP contribution in [0.4, 0.5) is 22.0 Å². The molecule has 0 spiro atoms. The topological polar surface area (TPSA) is 104 Å². The standard InChI is InChI=1S/C26H28F5N3O5S2/c1-2-40(36,37)32-15-21-4-3-13-34(21)41(38,39)22-11-7-19(8-12-22)23(24(35)33-16-25(27,28)17-33)14-18-5-9-20(10-6-18)26(29,30)31/h2,5-12,21,23,32H,1,3-4,13-17H2/t21-,23?/m1/s1. The minimum atomic E-state index is -4.55. The van der Waals surface area contributed by atoms with E-state index in [0.717, 1.165) is 22.4 Å². The summed E-state index contributed by atoms with van der Waals surface area (Å²) < 4.78 is 120. The molecule has 2 atom stereocenters. The van der Waals surface area contributed by atoms with Crippen LogP contribution in [0.1, 0.15) is 35.4 Å². The number of hydrogen-bond donors (Lipinski definition) is 1. The fraction of sp³-hybridized carbons (Fsp3) is 0.423. The summed E-state index contributed by atoms with van der Waals surface area (Å²) in [6.07, 6.45) is -3.70. The largest absolute Gasteiger partial charge is 0.416 e. The van der Waals surface area contributed by atoms with Crippen molar-refractivity contribution in [3.05, 3.63) is 77.2 Å². The zero-order valence-corrected chi connectivity index (χ0v) is 23.3. The van der Waals surface area contributed by atoms with Crippen LogP contribution >= 0.6 is 0 Å². The van der Waals surface area contributed by atoms with Crippen molar-refractivity contribution in [2.24, 2.45) is 0 Å². The minimum absolute atomic E-state index is 0.0945. The molecule has 2 aliphatic heterocycles. The molecule has 0 aromatic heterocycles. The molecule has 0 bridgehead atoms. The molecular formula is C26H28F5N3O5S2. The number of nitrogens with zero attached hydrogens (tertiary/aromatic N) is 2. The minimum Gasteiger partial charge on any atom is -0.330 e. The molecule has 2 saturated heterocycles. The number of benzene rings is 2. The van der Waals surface area contributed by atoms with Crippen LogP contribution in [0.2, 0.25) is 0 Å². The summed E-state index contributed by atoms with van der Waals surface area (Å²) in [5, 5.41) is 0.725. The lowest BCUT2D eigenvalue weighted by Gasteiger charge is -2.40. The van der Waals surface area contributed by atoms with Gasteiger partial charge in [-0.2, -0.15) is 17.5 Å². The predicted molar refractivity (Wildman–Crippen MR) is 140 cm³/mol. The van der Waals surface area contributed by atoms with E-state index < -0.39 is 68.7 Å². The van der Waals surface area contributed by atoms with E-state index in [1.807, 2.05) is 0 Å². The van der Waals surface area contributed by atoms with Crippen LogP contribution in [0.5, 0.6) is 0 Å². The average Bonchev–Trinajstić information content (AvgIpc) is 3.39. The zero-order chi connectivity index (χ0) is 30.2. The van der Waals surface area contributed by atoms with E-state index in [0.29, 0.717) is 24.0 Å². The molecule has 1 unspecified atom stereocenters. The third-order valence-corrected chi connectivity index (χ3v) is 10.1. The molecule has 2 aromatic carbocycles. The Bertz CT molecular complexity index is 1490. The fourth-order valence-corrected chi connectivity index (χ4v) is 7.15.